The van der Waals surface area contributed by atoms with Gasteiger partial charge in [0.25, 0.3) is 5.91 Å². The summed E-state index contributed by atoms with van der Waals surface area (Å²) < 4.78 is 4.78. The van der Waals surface area contributed by atoms with Crippen LogP contribution in [-0.4, -0.2) is 30.9 Å². The lowest BCUT2D eigenvalue weighted by atomic mass is 10.1. The average molecular weight is 340 g/mol. The van der Waals surface area contributed by atoms with E-state index in [1.54, 1.807) is 24.3 Å². The predicted octanol–water partition coefficient (Wildman–Crippen LogP) is 2.16. The molecule has 130 valence electrons. The van der Waals surface area contributed by atoms with Gasteiger partial charge in [-0.2, -0.15) is 0 Å². The summed E-state index contributed by atoms with van der Waals surface area (Å²) in [6.45, 7) is 1.41. The fraction of sp³-hybridized carbons (Fsp3) is 0.211. The molecule has 0 radical (unpaired) electrons. The second-order valence-corrected chi connectivity index (χ2v) is 5.50. The standard InChI is InChI=1S/C19H20N2O4/c1-13(22)20-16-10-8-15(9-11-16)18(23)21-17(19(24)25-2)12-14-6-4-3-5-7-14/h3-11,17H,12H2,1-2H3,(H,20,22)(H,21,23)/t17-/m0/s1. The summed E-state index contributed by atoms with van der Waals surface area (Å²) in [5.74, 6) is -1.08. The van der Waals surface area contributed by atoms with Gasteiger partial charge < -0.3 is 15.4 Å². The van der Waals surface area contributed by atoms with E-state index in [0.717, 1.165) is 5.56 Å². The Morgan fingerprint density at radius 1 is 1.00 bits per heavy atom. The maximum absolute atomic E-state index is 12.4. The van der Waals surface area contributed by atoms with Crippen LogP contribution >= 0.6 is 0 Å². The van der Waals surface area contributed by atoms with Crippen molar-refractivity contribution < 1.29 is 19.1 Å². The van der Waals surface area contributed by atoms with Gasteiger partial charge in [-0.25, -0.2) is 4.79 Å². The van der Waals surface area contributed by atoms with Crippen LogP contribution in [0.5, 0.6) is 0 Å². The second kappa shape index (κ2) is 8.63. The summed E-state index contributed by atoms with van der Waals surface area (Å²) in [6, 6.07) is 15.0. The van der Waals surface area contributed by atoms with Gasteiger partial charge in [-0.3, -0.25) is 9.59 Å². The third kappa shape index (κ3) is 5.46. The van der Waals surface area contributed by atoms with E-state index < -0.39 is 12.0 Å². The molecule has 25 heavy (non-hydrogen) atoms. The number of amides is 2. The molecule has 2 aromatic rings. The van der Waals surface area contributed by atoms with Gasteiger partial charge in [0.2, 0.25) is 5.91 Å². The highest BCUT2D eigenvalue weighted by Gasteiger charge is 2.22. The van der Waals surface area contributed by atoms with Crippen molar-refractivity contribution in [2.24, 2.45) is 0 Å². The molecule has 6 nitrogen and oxygen atoms in total. The molecule has 2 aromatic carbocycles. The summed E-state index contributed by atoms with van der Waals surface area (Å²) in [4.78, 5) is 35.4. The Morgan fingerprint density at radius 2 is 1.64 bits per heavy atom. The maximum Gasteiger partial charge on any atom is 0.328 e. The SMILES string of the molecule is COC(=O)[C@H](Cc1ccccc1)NC(=O)c1ccc(NC(C)=O)cc1. The quantitative estimate of drug-likeness (QED) is 0.789. The summed E-state index contributed by atoms with van der Waals surface area (Å²) in [7, 11) is 1.29. The Morgan fingerprint density at radius 3 is 2.20 bits per heavy atom. The normalized spacial score (nSPS) is 11.3. The van der Waals surface area contributed by atoms with Gasteiger partial charge in [0.1, 0.15) is 6.04 Å². The molecule has 0 heterocycles. The number of carbonyl (C=O) groups excluding carboxylic acids is 3. The monoisotopic (exact) mass is 340 g/mol. The highest BCUT2D eigenvalue weighted by atomic mass is 16.5. The number of ether oxygens (including phenoxy) is 1. The number of carbonyl (C=O) groups is 3. The van der Waals surface area contributed by atoms with Crippen LogP contribution in [0.4, 0.5) is 5.69 Å². The van der Waals surface area contributed by atoms with E-state index in [-0.39, 0.29) is 11.8 Å². The van der Waals surface area contributed by atoms with Crippen LogP contribution < -0.4 is 10.6 Å². The minimum Gasteiger partial charge on any atom is -0.467 e. The molecule has 0 bridgehead atoms. The van der Waals surface area contributed by atoms with E-state index in [9.17, 15) is 14.4 Å². The smallest absolute Gasteiger partial charge is 0.328 e. The highest BCUT2D eigenvalue weighted by molar-refractivity contribution is 5.97. The lowest BCUT2D eigenvalue weighted by molar-refractivity contribution is -0.142. The molecule has 2 amide bonds. The van der Waals surface area contributed by atoms with Crippen molar-refractivity contribution >= 4 is 23.5 Å². The van der Waals surface area contributed by atoms with Gasteiger partial charge in [0, 0.05) is 24.6 Å². The van der Waals surface area contributed by atoms with Gasteiger partial charge in [-0.05, 0) is 29.8 Å². The molecule has 0 aliphatic rings. The molecule has 0 saturated heterocycles. The fourth-order valence-electron chi connectivity index (χ4n) is 2.34. The molecule has 0 aromatic heterocycles. The Labute approximate surface area is 146 Å². The van der Waals surface area contributed by atoms with Crippen LogP contribution in [0.3, 0.4) is 0 Å². The Balaban J connectivity index is 2.08. The largest absolute Gasteiger partial charge is 0.467 e. The Bertz CT molecular complexity index is 742. The topological polar surface area (TPSA) is 84.5 Å². The van der Waals surface area contributed by atoms with E-state index in [1.807, 2.05) is 30.3 Å². The van der Waals surface area contributed by atoms with Crippen LogP contribution in [0.1, 0.15) is 22.8 Å². The number of hydrogen-bond donors (Lipinski definition) is 2. The average Bonchev–Trinajstić information content (AvgIpc) is 2.61. The summed E-state index contributed by atoms with van der Waals surface area (Å²) >= 11 is 0. The number of esters is 1. The predicted molar refractivity (Wildman–Crippen MR) is 94.2 cm³/mol. The van der Waals surface area contributed by atoms with Crippen molar-refractivity contribution in [1.82, 2.24) is 5.32 Å². The Hall–Kier alpha value is -3.15. The van der Waals surface area contributed by atoms with Crippen molar-refractivity contribution in [2.45, 2.75) is 19.4 Å². The summed E-state index contributed by atoms with van der Waals surface area (Å²) in [5, 5.41) is 5.32. The number of anilines is 1. The number of nitrogens with one attached hydrogen (secondary N) is 2. The molecule has 2 N–H and O–H groups in total. The van der Waals surface area contributed by atoms with Gasteiger partial charge in [-0.15, -0.1) is 0 Å². The zero-order valence-corrected chi connectivity index (χ0v) is 14.1. The maximum atomic E-state index is 12.4. The molecule has 0 unspecified atom stereocenters. The third-order valence-corrected chi connectivity index (χ3v) is 3.54. The fourth-order valence-corrected chi connectivity index (χ4v) is 2.34. The van der Waals surface area contributed by atoms with E-state index in [0.29, 0.717) is 17.7 Å². The van der Waals surface area contributed by atoms with Gasteiger partial charge >= 0.3 is 5.97 Å². The second-order valence-electron chi connectivity index (χ2n) is 5.50. The number of methoxy groups -OCH3 is 1. The third-order valence-electron chi connectivity index (χ3n) is 3.54. The molecule has 1 atom stereocenters. The first kappa shape index (κ1) is 18.2. The molecule has 0 saturated carbocycles. The van der Waals surface area contributed by atoms with E-state index in [1.165, 1.54) is 14.0 Å². The van der Waals surface area contributed by atoms with Gasteiger partial charge in [-0.1, -0.05) is 30.3 Å². The Kier molecular flexibility index (Phi) is 6.28. The molecule has 0 spiro atoms. The number of rotatable bonds is 6. The lowest BCUT2D eigenvalue weighted by Crippen LogP contribution is -2.43. The van der Waals surface area contributed by atoms with E-state index in [4.69, 9.17) is 4.74 Å². The zero-order valence-electron chi connectivity index (χ0n) is 14.1. The van der Waals surface area contributed by atoms with E-state index >= 15 is 0 Å². The first-order valence-electron chi connectivity index (χ1n) is 7.80. The molecule has 6 heteroatoms. The summed E-state index contributed by atoms with van der Waals surface area (Å²) in [6.07, 6.45) is 0.337. The molecule has 2 rings (SSSR count). The molecular formula is C19H20N2O4. The van der Waals surface area contributed by atoms with Gasteiger partial charge in [0.15, 0.2) is 0 Å². The van der Waals surface area contributed by atoms with Crippen LogP contribution in [0.15, 0.2) is 54.6 Å². The molecular weight excluding hydrogens is 320 g/mol. The molecule has 0 fully saturated rings. The number of benzene rings is 2. The van der Waals surface area contributed by atoms with Crippen molar-refractivity contribution in [1.29, 1.82) is 0 Å². The zero-order chi connectivity index (χ0) is 18.2. The van der Waals surface area contributed by atoms with Crippen LogP contribution in [-0.2, 0) is 20.7 Å². The van der Waals surface area contributed by atoms with Crippen molar-refractivity contribution in [3.05, 3.63) is 65.7 Å². The van der Waals surface area contributed by atoms with Crippen molar-refractivity contribution in [2.75, 3.05) is 12.4 Å². The van der Waals surface area contributed by atoms with Gasteiger partial charge in [0.05, 0.1) is 7.11 Å². The lowest BCUT2D eigenvalue weighted by Gasteiger charge is -2.17. The minimum atomic E-state index is -0.782. The molecule has 0 aliphatic heterocycles. The van der Waals surface area contributed by atoms with Crippen LogP contribution in [0.25, 0.3) is 0 Å². The molecule has 0 aliphatic carbocycles. The van der Waals surface area contributed by atoms with Crippen LogP contribution in [0.2, 0.25) is 0 Å². The van der Waals surface area contributed by atoms with E-state index in [2.05, 4.69) is 10.6 Å². The first-order chi connectivity index (χ1) is 12.0. The highest BCUT2D eigenvalue weighted by Crippen LogP contribution is 2.11. The van der Waals surface area contributed by atoms with Crippen LogP contribution in [0, 0.1) is 0 Å². The number of hydrogen-bond acceptors (Lipinski definition) is 4. The summed E-state index contributed by atoms with van der Waals surface area (Å²) in [5.41, 5.74) is 1.90. The van der Waals surface area contributed by atoms with Crippen molar-refractivity contribution in [3.8, 4) is 0 Å². The minimum absolute atomic E-state index is 0.189. The van der Waals surface area contributed by atoms with Crippen molar-refractivity contribution in [3.63, 3.8) is 0 Å². The first-order valence-corrected chi connectivity index (χ1v) is 7.80.